The van der Waals surface area contributed by atoms with Crippen LogP contribution >= 0.6 is 12.2 Å². The summed E-state index contributed by atoms with van der Waals surface area (Å²) < 4.78 is 0. The van der Waals surface area contributed by atoms with Crippen molar-refractivity contribution < 1.29 is 0 Å². The fraction of sp³-hybridized carbons (Fsp3) is 0. The van der Waals surface area contributed by atoms with Crippen LogP contribution in [-0.2, 0) is 0 Å². The molecule has 3 N–H and O–H groups in total. The zero-order valence-electron chi connectivity index (χ0n) is 5.00. The van der Waals surface area contributed by atoms with E-state index in [1.54, 1.807) is 0 Å². The SMILES string of the molecule is NC(=S)c1ccn[nH]c1=O. The predicted molar refractivity (Wildman–Crippen MR) is 40.7 cm³/mol. The highest BCUT2D eigenvalue weighted by Gasteiger charge is 1.98. The highest BCUT2D eigenvalue weighted by atomic mass is 32.1. The molecular formula is C5H5N3OS. The molecule has 1 rings (SSSR count). The van der Waals surface area contributed by atoms with Gasteiger partial charge in [0.1, 0.15) is 4.99 Å². The van der Waals surface area contributed by atoms with Crippen molar-refractivity contribution in [2.24, 2.45) is 5.73 Å². The Hall–Kier alpha value is -1.23. The summed E-state index contributed by atoms with van der Waals surface area (Å²) in [5.74, 6) is 0. The predicted octanol–water partition coefficient (Wildman–Crippen LogP) is -0.596. The minimum atomic E-state index is -0.352. The third-order valence-electron chi connectivity index (χ3n) is 0.992. The lowest BCUT2D eigenvalue weighted by atomic mass is 10.3. The van der Waals surface area contributed by atoms with Crippen LogP contribution in [0.5, 0.6) is 0 Å². The molecule has 4 nitrogen and oxygen atoms in total. The van der Waals surface area contributed by atoms with Crippen LogP contribution in [0.25, 0.3) is 0 Å². The first kappa shape index (κ1) is 6.88. The molecule has 0 aliphatic rings. The number of nitrogens with zero attached hydrogens (tertiary/aromatic N) is 1. The van der Waals surface area contributed by atoms with Gasteiger partial charge in [0.15, 0.2) is 0 Å². The van der Waals surface area contributed by atoms with Crippen molar-refractivity contribution in [1.82, 2.24) is 10.2 Å². The van der Waals surface area contributed by atoms with Gasteiger partial charge in [-0.25, -0.2) is 5.10 Å². The zero-order valence-corrected chi connectivity index (χ0v) is 5.81. The summed E-state index contributed by atoms with van der Waals surface area (Å²) in [5.41, 5.74) is 5.14. The second-order valence-electron chi connectivity index (χ2n) is 1.66. The van der Waals surface area contributed by atoms with E-state index < -0.39 is 0 Å². The van der Waals surface area contributed by atoms with Gasteiger partial charge in [-0.1, -0.05) is 12.2 Å². The molecule has 5 heteroatoms. The lowest BCUT2D eigenvalue weighted by Gasteiger charge is -1.91. The number of rotatable bonds is 1. The molecule has 0 amide bonds. The molecule has 0 saturated heterocycles. The molecule has 0 unspecified atom stereocenters. The normalized spacial score (nSPS) is 9.20. The number of thiocarbonyl (C=S) groups is 1. The van der Waals surface area contributed by atoms with Crippen molar-refractivity contribution in [1.29, 1.82) is 0 Å². The van der Waals surface area contributed by atoms with Gasteiger partial charge in [0.25, 0.3) is 5.56 Å². The van der Waals surface area contributed by atoms with Crippen LogP contribution in [0.15, 0.2) is 17.1 Å². The highest BCUT2D eigenvalue weighted by Crippen LogP contribution is 1.84. The van der Waals surface area contributed by atoms with E-state index in [0.717, 1.165) is 0 Å². The monoisotopic (exact) mass is 155 g/mol. The van der Waals surface area contributed by atoms with Crippen LogP contribution in [0.4, 0.5) is 0 Å². The third kappa shape index (κ3) is 1.19. The summed E-state index contributed by atoms with van der Waals surface area (Å²) in [7, 11) is 0. The molecule has 1 heterocycles. The Kier molecular flexibility index (Phi) is 1.77. The first-order chi connectivity index (χ1) is 4.72. The first-order valence-corrected chi connectivity index (χ1v) is 2.96. The largest absolute Gasteiger partial charge is 0.389 e. The van der Waals surface area contributed by atoms with E-state index >= 15 is 0 Å². The van der Waals surface area contributed by atoms with Gasteiger partial charge in [-0.2, -0.15) is 5.10 Å². The van der Waals surface area contributed by atoms with Crippen molar-refractivity contribution in [2.75, 3.05) is 0 Å². The number of aromatic nitrogens is 2. The minimum absolute atomic E-state index is 0.0867. The van der Waals surface area contributed by atoms with Crippen LogP contribution in [0, 0.1) is 0 Å². The maximum atomic E-state index is 10.8. The fourth-order valence-corrected chi connectivity index (χ4v) is 0.698. The van der Waals surface area contributed by atoms with E-state index in [1.165, 1.54) is 12.3 Å². The number of nitrogens with two attached hydrogens (primary N) is 1. The maximum absolute atomic E-state index is 10.8. The van der Waals surface area contributed by atoms with Crippen molar-refractivity contribution >= 4 is 17.2 Å². The Bertz CT molecular complexity index is 306. The van der Waals surface area contributed by atoms with Gasteiger partial charge in [0.05, 0.1) is 5.56 Å². The molecule has 0 fully saturated rings. The summed E-state index contributed by atoms with van der Waals surface area (Å²) in [6.07, 6.45) is 1.43. The third-order valence-corrected chi connectivity index (χ3v) is 1.21. The average Bonchev–Trinajstić information content (AvgIpc) is 1.88. The van der Waals surface area contributed by atoms with Gasteiger partial charge in [-0.05, 0) is 6.07 Å². The highest BCUT2D eigenvalue weighted by molar-refractivity contribution is 7.80. The van der Waals surface area contributed by atoms with Crippen LogP contribution in [0.1, 0.15) is 5.56 Å². The lowest BCUT2D eigenvalue weighted by molar-refractivity contribution is 0.984. The van der Waals surface area contributed by atoms with Crippen LogP contribution < -0.4 is 11.3 Å². The van der Waals surface area contributed by atoms with Gasteiger partial charge in [0, 0.05) is 6.20 Å². The van der Waals surface area contributed by atoms with Crippen LogP contribution in [0.2, 0.25) is 0 Å². The van der Waals surface area contributed by atoms with Crippen LogP contribution in [0.3, 0.4) is 0 Å². The summed E-state index contributed by atoms with van der Waals surface area (Å²) >= 11 is 4.58. The molecule has 0 atom stereocenters. The van der Waals surface area contributed by atoms with E-state index in [2.05, 4.69) is 22.4 Å². The quantitative estimate of drug-likeness (QED) is 0.531. The lowest BCUT2D eigenvalue weighted by Crippen LogP contribution is -2.22. The number of hydrogen-bond donors (Lipinski definition) is 2. The Morgan fingerprint density at radius 1 is 1.80 bits per heavy atom. The van der Waals surface area contributed by atoms with Gasteiger partial charge >= 0.3 is 0 Å². The van der Waals surface area contributed by atoms with Crippen molar-refractivity contribution in [2.45, 2.75) is 0 Å². The Morgan fingerprint density at radius 2 is 2.50 bits per heavy atom. The molecule has 10 heavy (non-hydrogen) atoms. The molecule has 0 radical (unpaired) electrons. The second kappa shape index (κ2) is 2.57. The Balaban J connectivity index is 3.29. The van der Waals surface area contributed by atoms with E-state index in [4.69, 9.17) is 5.73 Å². The molecule has 0 aromatic carbocycles. The number of hydrogen-bond acceptors (Lipinski definition) is 3. The van der Waals surface area contributed by atoms with Crippen LogP contribution in [-0.4, -0.2) is 15.2 Å². The molecule has 0 aliphatic heterocycles. The van der Waals surface area contributed by atoms with Crippen molar-refractivity contribution in [3.8, 4) is 0 Å². The molecule has 0 bridgehead atoms. The summed E-state index contributed by atoms with van der Waals surface area (Å²) in [6.45, 7) is 0. The summed E-state index contributed by atoms with van der Waals surface area (Å²) in [6, 6.07) is 1.47. The maximum Gasteiger partial charge on any atom is 0.274 e. The topological polar surface area (TPSA) is 71.8 Å². The number of nitrogens with one attached hydrogen (secondary N) is 1. The second-order valence-corrected chi connectivity index (χ2v) is 2.10. The van der Waals surface area contributed by atoms with Gasteiger partial charge in [-0.15, -0.1) is 0 Å². The van der Waals surface area contributed by atoms with Crippen molar-refractivity contribution in [3.63, 3.8) is 0 Å². The number of H-pyrrole nitrogens is 1. The fourth-order valence-electron chi connectivity index (χ4n) is 0.538. The molecule has 0 spiro atoms. The van der Waals surface area contributed by atoms with Crippen molar-refractivity contribution in [3.05, 3.63) is 28.2 Å². The average molecular weight is 155 g/mol. The summed E-state index contributed by atoms with van der Waals surface area (Å²) in [5, 5.41) is 5.68. The molecule has 0 saturated carbocycles. The van der Waals surface area contributed by atoms with E-state index in [0.29, 0.717) is 5.56 Å². The van der Waals surface area contributed by atoms with E-state index in [9.17, 15) is 4.79 Å². The number of aromatic amines is 1. The molecule has 1 aromatic rings. The van der Waals surface area contributed by atoms with Gasteiger partial charge in [0.2, 0.25) is 0 Å². The standard InChI is InChI=1S/C5H5N3OS/c6-4(10)3-1-2-7-8-5(3)9/h1-2H,(H2,6,10)(H,8,9). The Morgan fingerprint density at radius 3 is 2.90 bits per heavy atom. The smallest absolute Gasteiger partial charge is 0.274 e. The van der Waals surface area contributed by atoms with Gasteiger partial charge < -0.3 is 5.73 Å². The van der Waals surface area contributed by atoms with E-state index in [-0.39, 0.29) is 10.5 Å². The van der Waals surface area contributed by atoms with Gasteiger partial charge in [-0.3, -0.25) is 4.79 Å². The zero-order chi connectivity index (χ0) is 7.56. The molecular weight excluding hydrogens is 150 g/mol. The molecule has 0 aliphatic carbocycles. The summed E-state index contributed by atoms with van der Waals surface area (Å²) in [4.78, 5) is 10.9. The minimum Gasteiger partial charge on any atom is -0.389 e. The molecule has 1 aromatic heterocycles. The molecule has 52 valence electrons. The first-order valence-electron chi connectivity index (χ1n) is 2.55. The van der Waals surface area contributed by atoms with E-state index in [1.807, 2.05) is 0 Å². The Labute approximate surface area is 62.1 Å².